The molecular weight excluding hydrogens is 480 g/mol. The van der Waals surface area contributed by atoms with E-state index in [1.165, 1.54) is 11.8 Å². The van der Waals surface area contributed by atoms with Crippen LogP contribution < -0.4 is 10.2 Å². The molecule has 0 aromatic carbocycles. The first-order valence-corrected chi connectivity index (χ1v) is 13.2. The monoisotopic (exact) mass is 516 g/mol. The van der Waals surface area contributed by atoms with Crippen LogP contribution in [0.3, 0.4) is 0 Å². The molecule has 2 saturated heterocycles. The van der Waals surface area contributed by atoms with Gasteiger partial charge in [-0.3, -0.25) is 0 Å². The maximum Gasteiger partial charge on any atom is 0.320 e. The third kappa shape index (κ3) is 4.96. The van der Waals surface area contributed by atoms with Gasteiger partial charge in [0.25, 0.3) is 0 Å². The van der Waals surface area contributed by atoms with Crippen LogP contribution in [-0.2, 0) is 11.2 Å². The maximum absolute atomic E-state index is 12.9. The van der Waals surface area contributed by atoms with Crippen molar-refractivity contribution in [1.29, 1.82) is 5.41 Å². The van der Waals surface area contributed by atoms with Crippen molar-refractivity contribution in [2.24, 2.45) is 0 Å². The third-order valence-electron chi connectivity index (χ3n) is 7.54. The largest absolute Gasteiger partial charge is 0.393 e. The summed E-state index contributed by atoms with van der Waals surface area (Å²) in [5.74, 6) is 0.910. The average Bonchev–Trinajstić information content (AvgIpc) is 3.62. The van der Waals surface area contributed by atoms with Crippen LogP contribution in [0.5, 0.6) is 0 Å². The summed E-state index contributed by atoms with van der Waals surface area (Å²) >= 11 is 0. The third-order valence-corrected chi connectivity index (χ3v) is 7.54. The molecule has 0 aliphatic carbocycles. The summed E-state index contributed by atoms with van der Waals surface area (Å²) in [5, 5.41) is 15.5. The number of methoxy groups -OCH3 is 1. The van der Waals surface area contributed by atoms with E-state index in [1.54, 1.807) is 7.11 Å². The standard InChI is InChI=1S/C28H36N8O2/c1-4-20-17-32-36-18-22(23(14-29)15-30-2)13-25(27(20)36)21-5-6-26(31-16-21)33-9-11-34(12-10-33)28(37)35-8-7-24(19-35)38-3/h5-6,13-18,24,29-30H,4,7-12,19H2,1-3H3/b23-15+,29-14?. The minimum Gasteiger partial charge on any atom is -0.393 e. The molecule has 2 aliphatic rings. The Labute approximate surface area is 223 Å². The minimum atomic E-state index is 0.112. The Morgan fingerprint density at radius 1 is 1.18 bits per heavy atom. The van der Waals surface area contributed by atoms with Gasteiger partial charge in [-0.05, 0) is 36.6 Å². The molecule has 0 bridgehead atoms. The highest BCUT2D eigenvalue weighted by Gasteiger charge is 2.31. The second-order valence-corrected chi connectivity index (χ2v) is 9.75. The molecule has 1 atom stereocenters. The highest BCUT2D eigenvalue weighted by Crippen LogP contribution is 2.31. The number of aryl methyl sites for hydroxylation is 1. The zero-order valence-corrected chi connectivity index (χ0v) is 22.4. The first-order chi connectivity index (χ1) is 18.6. The van der Waals surface area contributed by atoms with E-state index >= 15 is 0 Å². The zero-order chi connectivity index (χ0) is 26.6. The van der Waals surface area contributed by atoms with Crippen molar-refractivity contribution in [2.45, 2.75) is 25.9 Å². The van der Waals surface area contributed by atoms with Crippen LogP contribution in [0.2, 0.25) is 0 Å². The Balaban J connectivity index is 1.34. The fourth-order valence-corrected chi connectivity index (χ4v) is 5.34. The lowest BCUT2D eigenvalue weighted by molar-refractivity contribution is 0.105. The highest BCUT2D eigenvalue weighted by atomic mass is 16.5. The number of rotatable bonds is 7. The minimum absolute atomic E-state index is 0.112. The number of likely N-dealkylation sites (tertiary alicyclic amines) is 1. The summed E-state index contributed by atoms with van der Waals surface area (Å²) in [5.41, 5.74) is 5.94. The quantitative estimate of drug-likeness (QED) is 0.468. The summed E-state index contributed by atoms with van der Waals surface area (Å²) in [7, 11) is 3.54. The molecule has 38 heavy (non-hydrogen) atoms. The molecule has 0 saturated carbocycles. The first kappa shape index (κ1) is 25.7. The predicted molar refractivity (Wildman–Crippen MR) is 150 cm³/mol. The molecule has 2 amide bonds. The van der Waals surface area contributed by atoms with Crippen LogP contribution in [0.1, 0.15) is 24.5 Å². The number of pyridine rings is 2. The molecule has 5 rings (SSSR count). The molecule has 10 nitrogen and oxygen atoms in total. The number of carbonyl (C=O) groups is 1. The fraction of sp³-hybridized carbons (Fsp3) is 0.429. The number of ether oxygens (including phenoxy) is 1. The number of aromatic nitrogens is 3. The van der Waals surface area contributed by atoms with Gasteiger partial charge >= 0.3 is 6.03 Å². The number of hydrogen-bond acceptors (Lipinski definition) is 7. The van der Waals surface area contributed by atoms with Gasteiger partial charge in [-0.25, -0.2) is 14.3 Å². The van der Waals surface area contributed by atoms with Gasteiger partial charge in [-0.2, -0.15) is 5.10 Å². The van der Waals surface area contributed by atoms with Crippen LogP contribution in [0, 0.1) is 5.41 Å². The van der Waals surface area contributed by atoms with Gasteiger partial charge in [-0.1, -0.05) is 6.92 Å². The summed E-state index contributed by atoms with van der Waals surface area (Å²) in [6.45, 7) is 6.43. The molecule has 10 heteroatoms. The van der Waals surface area contributed by atoms with E-state index in [9.17, 15) is 4.79 Å². The maximum atomic E-state index is 12.9. The number of hydrogen-bond donors (Lipinski definition) is 2. The van der Waals surface area contributed by atoms with Crippen molar-refractivity contribution in [2.75, 3.05) is 58.3 Å². The van der Waals surface area contributed by atoms with Gasteiger partial charge in [0.05, 0.1) is 17.8 Å². The summed E-state index contributed by atoms with van der Waals surface area (Å²) in [4.78, 5) is 23.8. The van der Waals surface area contributed by atoms with E-state index in [0.29, 0.717) is 19.6 Å². The summed E-state index contributed by atoms with van der Waals surface area (Å²) in [6, 6.07) is 6.38. The average molecular weight is 517 g/mol. The topological polar surface area (TPSA) is 102 Å². The number of amides is 2. The van der Waals surface area contributed by atoms with Gasteiger partial charge in [0.15, 0.2) is 0 Å². The summed E-state index contributed by atoms with van der Waals surface area (Å²) in [6.07, 6.45) is 10.9. The van der Waals surface area contributed by atoms with Crippen molar-refractivity contribution in [3.63, 3.8) is 0 Å². The molecule has 200 valence electrons. The number of fused-ring (bicyclic) bond motifs is 1. The van der Waals surface area contributed by atoms with E-state index in [0.717, 1.165) is 66.1 Å². The normalized spacial score (nSPS) is 18.3. The Kier molecular flexibility index (Phi) is 7.59. The van der Waals surface area contributed by atoms with Gasteiger partial charge in [0, 0.05) is 100 Å². The Hall–Kier alpha value is -3.92. The van der Waals surface area contributed by atoms with E-state index in [2.05, 4.69) is 40.4 Å². The van der Waals surface area contributed by atoms with Crippen molar-refractivity contribution in [3.05, 3.63) is 54.1 Å². The van der Waals surface area contributed by atoms with E-state index in [-0.39, 0.29) is 12.1 Å². The molecule has 0 spiro atoms. The first-order valence-electron chi connectivity index (χ1n) is 13.2. The molecule has 5 heterocycles. The van der Waals surface area contributed by atoms with Crippen molar-refractivity contribution >= 4 is 29.2 Å². The smallest absolute Gasteiger partial charge is 0.320 e. The predicted octanol–water partition coefficient (Wildman–Crippen LogP) is 3.13. The fourth-order valence-electron chi connectivity index (χ4n) is 5.34. The molecule has 0 radical (unpaired) electrons. The number of urea groups is 1. The lowest BCUT2D eigenvalue weighted by Crippen LogP contribution is -2.52. The van der Waals surface area contributed by atoms with Crippen LogP contribution in [0.15, 0.2) is 43.0 Å². The molecule has 2 aliphatic heterocycles. The Morgan fingerprint density at radius 3 is 2.63 bits per heavy atom. The number of nitrogens with zero attached hydrogens (tertiary/aromatic N) is 6. The lowest BCUT2D eigenvalue weighted by atomic mass is 10.00. The van der Waals surface area contributed by atoms with Gasteiger partial charge in [-0.15, -0.1) is 0 Å². The molecular formula is C28H36N8O2. The molecule has 2 fully saturated rings. The number of carbonyl (C=O) groups excluding carboxylic acids is 1. The van der Waals surface area contributed by atoms with Crippen molar-refractivity contribution in [1.82, 2.24) is 29.7 Å². The van der Waals surface area contributed by atoms with Gasteiger partial charge in [0.2, 0.25) is 0 Å². The van der Waals surface area contributed by atoms with Crippen molar-refractivity contribution in [3.8, 4) is 11.1 Å². The number of anilines is 1. The number of allylic oxidation sites excluding steroid dienone is 1. The van der Waals surface area contributed by atoms with Gasteiger partial charge < -0.3 is 30.2 Å². The number of piperazine rings is 1. The van der Waals surface area contributed by atoms with Crippen molar-refractivity contribution < 1.29 is 9.53 Å². The zero-order valence-electron chi connectivity index (χ0n) is 22.4. The molecule has 3 aromatic heterocycles. The van der Waals surface area contributed by atoms with E-state index in [1.807, 2.05) is 46.2 Å². The summed E-state index contributed by atoms with van der Waals surface area (Å²) < 4.78 is 7.31. The second-order valence-electron chi connectivity index (χ2n) is 9.75. The Morgan fingerprint density at radius 2 is 2.00 bits per heavy atom. The number of nitrogens with one attached hydrogen (secondary N) is 2. The van der Waals surface area contributed by atoms with Crippen LogP contribution in [0.4, 0.5) is 10.6 Å². The van der Waals surface area contributed by atoms with Crippen LogP contribution >= 0.6 is 0 Å². The lowest BCUT2D eigenvalue weighted by Gasteiger charge is -2.37. The van der Waals surface area contributed by atoms with E-state index < -0.39 is 0 Å². The van der Waals surface area contributed by atoms with Crippen LogP contribution in [-0.4, -0.2) is 96.2 Å². The molecule has 2 N–H and O–H groups in total. The SMILES string of the molecule is CCc1cnn2cc(/C(C=N)=C/NC)cc(-c3ccc(N4CCN(C(=O)N5CCC(OC)C5)CC4)nc3)c12. The van der Waals surface area contributed by atoms with Crippen LogP contribution in [0.25, 0.3) is 22.2 Å². The second kappa shape index (κ2) is 11.2. The molecule has 1 unspecified atom stereocenters. The van der Waals surface area contributed by atoms with E-state index in [4.69, 9.17) is 15.1 Å². The Bertz CT molecular complexity index is 1320. The molecule has 3 aromatic rings. The highest BCUT2D eigenvalue weighted by molar-refractivity contribution is 6.08. The van der Waals surface area contributed by atoms with Gasteiger partial charge in [0.1, 0.15) is 5.82 Å².